The predicted molar refractivity (Wildman–Crippen MR) is 86.6 cm³/mol. The molecule has 0 spiro atoms. The van der Waals surface area contributed by atoms with Crippen LogP contribution in [0, 0.1) is 6.92 Å². The lowest BCUT2D eigenvalue weighted by Crippen LogP contribution is -2.09. The molecule has 1 aromatic heterocycles. The van der Waals surface area contributed by atoms with Crippen molar-refractivity contribution in [2.45, 2.75) is 13.5 Å². The van der Waals surface area contributed by atoms with Crippen LogP contribution in [0.5, 0.6) is 5.75 Å². The molecule has 1 heterocycles. The van der Waals surface area contributed by atoms with Gasteiger partial charge >= 0.3 is 5.97 Å². The summed E-state index contributed by atoms with van der Waals surface area (Å²) in [5.74, 6) is 1.02. The Morgan fingerprint density at radius 3 is 2.62 bits per heavy atom. The second kappa shape index (κ2) is 7.06. The van der Waals surface area contributed by atoms with Gasteiger partial charge in [0.15, 0.2) is 0 Å². The van der Waals surface area contributed by atoms with Gasteiger partial charge in [0, 0.05) is 19.6 Å². The predicted octanol–water partition coefficient (Wildman–Crippen LogP) is 3.41. The van der Waals surface area contributed by atoms with E-state index in [4.69, 9.17) is 14.0 Å². The molecule has 0 saturated heterocycles. The van der Waals surface area contributed by atoms with Crippen LogP contribution in [0.15, 0.2) is 53.1 Å². The maximum Gasteiger partial charge on any atom is 0.343 e. The van der Waals surface area contributed by atoms with Gasteiger partial charge in [-0.25, -0.2) is 4.79 Å². The molecule has 0 aliphatic heterocycles. The molecule has 0 atom stereocenters. The number of rotatable bonds is 5. The van der Waals surface area contributed by atoms with E-state index in [1.54, 1.807) is 56.5 Å². The van der Waals surface area contributed by atoms with Crippen molar-refractivity contribution in [2.24, 2.45) is 0 Å². The van der Waals surface area contributed by atoms with Gasteiger partial charge in [-0.1, -0.05) is 17.3 Å². The highest BCUT2D eigenvalue weighted by Crippen LogP contribution is 2.21. The van der Waals surface area contributed by atoms with E-state index in [1.165, 1.54) is 0 Å². The number of benzene rings is 2. The van der Waals surface area contributed by atoms with Gasteiger partial charge in [0.05, 0.1) is 12.2 Å². The average Bonchev–Trinajstić information content (AvgIpc) is 3.02. The fourth-order valence-corrected chi connectivity index (χ4v) is 2.21. The third-order valence-electron chi connectivity index (χ3n) is 3.32. The molecule has 0 aliphatic carbocycles. The number of hydrogen-bond acceptors (Lipinski definition) is 6. The van der Waals surface area contributed by atoms with E-state index in [2.05, 4.69) is 10.1 Å². The Morgan fingerprint density at radius 1 is 1.17 bits per heavy atom. The molecular formula is C18H16N2O4. The van der Waals surface area contributed by atoms with Crippen LogP contribution in [0.25, 0.3) is 11.4 Å². The molecule has 3 rings (SSSR count). The molecule has 6 heteroatoms. The molecule has 0 bridgehead atoms. The smallest absolute Gasteiger partial charge is 0.343 e. The normalized spacial score (nSPS) is 10.6. The lowest BCUT2D eigenvalue weighted by molar-refractivity contribution is 0.0734. The van der Waals surface area contributed by atoms with Gasteiger partial charge in [-0.05, 0) is 42.0 Å². The Morgan fingerprint density at radius 2 is 1.96 bits per heavy atom. The maximum atomic E-state index is 12.2. The molecule has 0 amide bonds. The number of hydrogen-bond donors (Lipinski definition) is 0. The Bertz CT molecular complexity index is 840. The number of ether oxygens (including phenoxy) is 2. The molecule has 0 N–H and O–H groups in total. The number of carbonyl (C=O) groups excluding carboxylic acids is 1. The summed E-state index contributed by atoms with van der Waals surface area (Å²) in [5.41, 5.74) is 2.17. The highest BCUT2D eigenvalue weighted by Gasteiger charge is 2.10. The van der Waals surface area contributed by atoms with Crippen LogP contribution in [0.4, 0.5) is 0 Å². The highest BCUT2D eigenvalue weighted by atomic mass is 16.5. The Kier molecular flexibility index (Phi) is 4.67. The highest BCUT2D eigenvalue weighted by molar-refractivity contribution is 5.91. The fourth-order valence-electron chi connectivity index (χ4n) is 2.21. The lowest BCUT2D eigenvalue weighted by Gasteiger charge is -2.06. The zero-order valence-corrected chi connectivity index (χ0v) is 13.4. The number of aromatic nitrogens is 2. The summed E-state index contributed by atoms with van der Waals surface area (Å²) in [6.45, 7) is 2.17. The summed E-state index contributed by atoms with van der Waals surface area (Å²) in [7, 11) is 1.61. The average molecular weight is 324 g/mol. The fraction of sp³-hybridized carbons (Fsp3) is 0.167. The van der Waals surface area contributed by atoms with Crippen LogP contribution in [0.2, 0.25) is 0 Å². The Balaban J connectivity index is 1.71. The zero-order chi connectivity index (χ0) is 16.9. The van der Waals surface area contributed by atoms with Crippen LogP contribution in [-0.2, 0) is 11.3 Å². The van der Waals surface area contributed by atoms with Crippen molar-refractivity contribution in [1.82, 2.24) is 10.1 Å². The van der Waals surface area contributed by atoms with E-state index >= 15 is 0 Å². The first-order chi connectivity index (χ1) is 11.7. The van der Waals surface area contributed by atoms with Gasteiger partial charge in [0.25, 0.3) is 0 Å². The number of esters is 1. The number of nitrogens with zero attached hydrogens (tertiary/aromatic N) is 2. The van der Waals surface area contributed by atoms with E-state index in [9.17, 15) is 4.79 Å². The summed E-state index contributed by atoms with van der Waals surface area (Å²) < 4.78 is 15.4. The third-order valence-corrected chi connectivity index (χ3v) is 3.32. The van der Waals surface area contributed by atoms with E-state index < -0.39 is 5.97 Å². The molecule has 0 unspecified atom stereocenters. The van der Waals surface area contributed by atoms with Gasteiger partial charge in [0.1, 0.15) is 5.75 Å². The second-order valence-electron chi connectivity index (χ2n) is 5.18. The van der Waals surface area contributed by atoms with E-state index in [1.807, 2.05) is 6.07 Å². The zero-order valence-electron chi connectivity index (χ0n) is 13.4. The van der Waals surface area contributed by atoms with Crippen molar-refractivity contribution < 1.29 is 18.8 Å². The van der Waals surface area contributed by atoms with Gasteiger partial charge in [0.2, 0.25) is 11.7 Å². The molecule has 122 valence electrons. The largest absolute Gasteiger partial charge is 0.423 e. The van der Waals surface area contributed by atoms with Crippen LogP contribution in [0.1, 0.15) is 21.8 Å². The topological polar surface area (TPSA) is 74.5 Å². The quantitative estimate of drug-likeness (QED) is 0.529. The molecule has 6 nitrogen and oxygen atoms in total. The Labute approximate surface area is 139 Å². The molecule has 3 aromatic rings. The van der Waals surface area contributed by atoms with Gasteiger partial charge in [-0.3, -0.25) is 0 Å². The number of carbonyl (C=O) groups is 1. The summed E-state index contributed by atoms with van der Waals surface area (Å²) in [5, 5.41) is 3.85. The van der Waals surface area contributed by atoms with Crippen LogP contribution < -0.4 is 4.74 Å². The van der Waals surface area contributed by atoms with Crippen molar-refractivity contribution in [3.8, 4) is 17.1 Å². The maximum absolute atomic E-state index is 12.2. The SMILES string of the molecule is COCc1cccc(C(=O)Oc2ccc(-c3noc(C)n3)cc2)c1. The Hall–Kier alpha value is -2.99. The minimum absolute atomic E-state index is 0.420. The lowest BCUT2D eigenvalue weighted by atomic mass is 10.1. The first-order valence-electron chi connectivity index (χ1n) is 7.36. The van der Waals surface area contributed by atoms with Crippen molar-refractivity contribution in [1.29, 1.82) is 0 Å². The molecule has 0 saturated carbocycles. The molecular weight excluding hydrogens is 308 g/mol. The minimum Gasteiger partial charge on any atom is -0.423 e. The van der Waals surface area contributed by atoms with Crippen LogP contribution in [0.3, 0.4) is 0 Å². The van der Waals surface area contributed by atoms with Crippen molar-refractivity contribution in [3.63, 3.8) is 0 Å². The first-order valence-corrected chi connectivity index (χ1v) is 7.36. The first kappa shape index (κ1) is 15.9. The molecule has 0 fully saturated rings. The number of methoxy groups -OCH3 is 1. The summed E-state index contributed by atoms with van der Waals surface area (Å²) in [6, 6.07) is 14.1. The van der Waals surface area contributed by atoms with E-state index in [0.717, 1.165) is 11.1 Å². The number of aryl methyl sites for hydroxylation is 1. The monoisotopic (exact) mass is 324 g/mol. The second-order valence-corrected chi connectivity index (χ2v) is 5.18. The summed E-state index contributed by atoms with van der Waals surface area (Å²) in [6.07, 6.45) is 0. The van der Waals surface area contributed by atoms with Crippen molar-refractivity contribution in [3.05, 3.63) is 65.5 Å². The van der Waals surface area contributed by atoms with Crippen molar-refractivity contribution in [2.75, 3.05) is 7.11 Å². The van der Waals surface area contributed by atoms with Crippen LogP contribution in [-0.4, -0.2) is 23.2 Å². The molecule has 0 radical (unpaired) electrons. The van der Waals surface area contributed by atoms with Crippen LogP contribution >= 0.6 is 0 Å². The minimum atomic E-state index is -0.420. The molecule has 0 aliphatic rings. The summed E-state index contributed by atoms with van der Waals surface area (Å²) >= 11 is 0. The van der Waals surface area contributed by atoms with Gasteiger partial charge < -0.3 is 14.0 Å². The van der Waals surface area contributed by atoms with Gasteiger partial charge in [-0.2, -0.15) is 4.98 Å². The van der Waals surface area contributed by atoms with Crippen molar-refractivity contribution >= 4 is 5.97 Å². The van der Waals surface area contributed by atoms with E-state index in [0.29, 0.717) is 29.6 Å². The standard InChI is InChI=1S/C18H16N2O4/c1-12-19-17(20-24-12)14-6-8-16(9-7-14)23-18(21)15-5-3-4-13(10-15)11-22-2/h3-10H,11H2,1-2H3. The molecule has 2 aromatic carbocycles. The third kappa shape index (κ3) is 3.67. The summed E-state index contributed by atoms with van der Waals surface area (Å²) in [4.78, 5) is 16.4. The van der Waals surface area contributed by atoms with Gasteiger partial charge in [-0.15, -0.1) is 0 Å². The molecule has 24 heavy (non-hydrogen) atoms. The van der Waals surface area contributed by atoms with E-state index in [-0.39, 0.29) is 0 Å².